The van der Waals surface area contributed by atoms with Gasteiger partial charge in [-0.3, -0.25) is 0 Å². The van der Waals surface area contributed by atoms with Crippen LogP contribution in [0.3, 0.4) is 0 Å². The molecule has 29 heavy (non-hydrogen) atoms. The molecule has 5 nitrogen and oxygen atoms in total. The number of rotatable bonds is 9. The fourth-order valence-corrected chi connectivity index (χ4v) is 2.84. The summed E-state index contributed by atoms with van der Waals surface area (Å²) in [6.07, 6.45) is -2.54. The molecule has 0 saturated heterocycles. The highest BCUT2D eigenvalue weighted by Gasteiger charge is 2.25. The minimum Gasteiger partial charge on any atom is -0.461 e. The highest BCUT2D eigenvalue weighted by atomic mass is 35.5. The van der Waals surface area contributed by atoms with E-state index in [0.29, 0.717) is 12.1 Å². The number of esters is 1. The van der Waals surface area contributed by atoms with Crippen LogP contribution in [0.4, 0.5) is 22.0 Å². The molecule has 0 spiro atoms. The maximum absolute atomic E-state index is 13.9. The molecule has 0 amide bonds. The number of carbonyl (C=O) groups excluding carboxylic acids is 1. The van der Waals surface area contributed by atoms with Gasteiger partial charge in [-0.2, -0.15) is 5.10 Å². The molecule has 2 aromatic rings. The molecule has 0 aliphatic rings. The number of hydrogen-bond donors (Lipinski definition) is 1. The molecule has 0 aliphatic carbocycles. The summed E-state index contributed by atoms with van der Waals surface area (Å²) in [5.41, 5.74) is -0.504. The summed E-state index contributed by atoms with van der Waals surface area (Å²) in [4.78, 5) is 12.2. The maximum Gasteiger partial charge on any atom is 0.359 e. The molecule has 0 bridgehead atoms. The smallest absolute Gasteiger partial charge is 0.359 e. The van der Waals surface area contributed by atoms with Gasteiger partial charge in [0.05, 0.1) is 19.2 Å². The quantitative estimate of drug-likeness (QED) is 0.474. The Morgan fingerprint density at radius 3 is 2.41 bits per heavy atom. The Kier molecular flexibility index (Phi) is 7.97. The third-order valence-corrected chi connectivity index (χ3v) is 4.51. The first-order valence-corrected chi connectivity index (χ1v) is 9.10. The lowest BCUT2D eigenvalue weighted by atomic mass is 10.1. The van der Waals surface area contributed by atoms with E-state index in [2.05, 4.69) is 10.4 Å². The fourth-order valence-electron chi connectivity index (χ4n) is 2.56. The average Bonchev–Trinajstić information content (AvgIpc) is 2.94. The van der Waals surface area contributed by atoms with Crippen LogP contribution in [0.5, 0.6) is 0 Å². The van der Waals surface area contributed by atoms with E-state index in [9.17, 15) is 26.7 Å². The number of nitrogens with zero attached hydrogens (tertiary/aromatic N) is 2. The van der Waals surface area contributed by atoms with Crippen LogP contribution < -0.4 is 5.32 Å². The molecular formula is C18H19ClF5N3O2. The summed E-state index contributed by atoms with van der Waals surface area (Å²) in [6, 6.07) is -0.0608. The standard InChI is InChI=1S/C18H19ClF5N3O2/c1-3-29-18(28)15-11(4-5-25-9(2)17(23)24)16(19)27(26-15)8-12-13(21)6-10(20)7-14(12)22/h6-7,9,17,25H,3-5,8H2,1-2H3. The van der Waals surface area contributed by atoms with Crippen LogP contribution in [0.15, 0.2) is 12.1 Å². The van der Waals surface area contributed by atoms with Gasteiger partial charge in [-0.1, -0.05) is 11.6 Å². The van der Waals surface area contributed by atoms with Crippen molar-refractivity contribution < 1.29 is 31.5 Å². The van der Waals surface area contributed by atoms with E-state index >= 15 is 0 Å². The Bertz CT molecular complexity index is 852. The number of nitrogens with one attached hydrogen (secondary N) is 1. The van der Waals surface area contributed by atoms with Crippen LogP contribution >= 0.6 is 11.6 Å². The van der Waals surface area contributed by atoms with E-state index in [1.54, 1.807) is 6.92 Å². The molecule has 1 N–H and O–H groups in total. The fraction of sp³-hybridized carbons (Fsp3) is 0.444. The minimum absolute atomic E-state index is 0.0401. The van der Waals surface area contributed by atoms with Gasteiger partial charge in [-0.25, -0.2) is 31.4 Å². The summed E-state index contributed by atoms with van der Waals surface area (Å²) in [7, 11) is 0. The topological polar surface area (TPSA) is 56.1 Å². The van der Waals surface area contributed by atoms with E-state index < -0.39 is 48.0 Å². The second-order valence-corrected chi connectivity index (χ2v) is 6.53. The predicted octanol–water partition coefficient (Wildman–Crippen LogP) is 3.96. The molecule has 11 heteroatoms. The number of halogens is 6. The number of alkyl halides is 2. The van der Waals surface area contributed by atoms with Gasteiger partial charge in [0, 0.05) is 23.3 Å². The minimum atomic E-state index is -2.58. The Morgan fingerprint density at radius 2 is 1.86 bits per heavy atom. The van der Waals surface area contributed by atoms with Crippen molar-refractivity contribution in [2.75, 3.05) is 13.2 Å². The first-order valence-electron chi connectivity index (χ1n) is 8.72. The molecule has 0 aliphatic heterocycles. The van der Waals surface area contributed by atoms with Crippen LogP contribution in [0.1, 0.15) is 35.5 Å². The molecular weight excluding hydrogens is 421 g/mol. The molecule has 2 rings (SSSR count). The number of carbonyl (C=O) groups is 1. The Balaban J connectivity index is 2.33. The Labute approximate surface area is 168 Å². The van der Waals surface area contributed by atoms with Crippen molar-refractivity contribution in [2.24, 2.45) is 0 Å². The summed E-state index contributed by atoms with van der Waals surface area (Å²) in [5.74, 6) is -4.17. The molecule has 1 aromatic carbocycles. The van der Waals surface area contributed by atoms with Gasteiger partial charge in [0.25, 0.3) is 6.43 Å². The lowest BCUT2D eigenvalue weighted by Gasteiger charge is -2.12. The van der Waals surface area contributed by atoms with Crippen LogP contribution in [-0.2, 0) is 17.7 Å². The molecule has 0 fully saturated rings. The van der Waals surface area contributed by atoms with Crippen LogP contribution in [-0.4, -0.2) is 41.4 Å². The zero-order valence-corrected chi connectivity index (χ0v) is 16.4. The zero-order valence-electron chi connectivity index (χ0n) is 15.6. The molecule has 0 radical (unpaired) electrons. The molecule has 0 saturated carbocycles. The van der Waals surface area contributed by atoms with Crippen LogP contribution in [0.25, 0.3) is 0 Å². The lowest BCUT2D eigenvalue weighted by Crippen LogP contribution is -2.34. The Hall–Kier alpha value is -2.20. The van der Waals surface area contributed by atoms with E-state index in [4.69, 9.17) is 16.3 Å². The van der Waals surface area contributed by atoms with E-state index in [-0.39, 0.29) is 36.0 Å². The van der Waals surface area contributed by atoms with Crippen molar-refractivity contribution in [1.82, 2.24) is 15.1 Å². The summed E-state index contributed by atoms with van der Waals surface area (Å²) in [5, 5.41) is 6.44. The van der Waals surface area contributed by atoms with Crippen LogP contribution in [0, 0.1) is 17.5 Å². The summed E-state index contributed by atoms with van der Waals surface area (Å²) >= 11 is 6.24. The predicted molar refractivity (Wildman–Crippen MR) is 95.8 cm³/mol. The van der Waals surface area contributed by atoms with Crippen molar-refractivity contribution >= 4 is 17.6 Å². The Morgan fingerprint density at radius 1 is 1.24 bits per heavy atom. The number of aromatic nitrogens is 2. The summed E-state index contributed by atoms with van der Waals surface area (Å²) < 4.78 is 72.1. The first kappa shape index (κ1) is 23.1. The number of benzene rings is 1. The summed E-state index contributed by atoms with van der Waals surface area (Å²) in [6.45, 7) is 2.45. The SMILES string of the molecule is CCOC(=O)c1nn(Cc2c(F)cc(F)cc2F)c(Cl)c1CCNC(C)C(F)F. The molecule has 1 unspecified atom stereocenters. The van der Waals surface area contributed by atoms with Gasteiger partial charge < -0.3 is 10.1 Å². The van der Waals surface area contributed by atoms with Crippen molar-refractivity contribution in [3.05, 3.63) is 51.6 Å². The zero-order chi connectivity index (χ0) is 21.7. The monoisotopic (exact) mass is 439 g/mol. The molecule has 160 valence electrons. The van der Waals surface area contributed by atoms with Gasteiger partial charge >= 0.3 is 5.97 Å². The van der Waals surface area contributed by atoms with Gasteiger partial charge in [0.2, 0.25) is 0 Å². The van der Waals surface area contributed by atoms with Gasteiger partial charge in [0.15, 0.2) is 5.69 Å². The highest BCUT2D eigenvalue weighted by molar-refractivity contribution is 6.30. The van der Waals surface area contributed by atoms with Crippen molar-refractivity contribution in [1.29, 1.82) is 0 Å². The normalized spacial score (nSPS) is 12.4. The van der Waals surface area contributed by atoms with Gasteiger partial charge in [-0.05, 0) is 26.8 Å². The second kappa shape index (κ2) is 10.0. The third-order valence-electron chi connectivity index (χ3n) is 4.08. The van der Waals surface area contributed by atoms with Crippen molar-refractivity contribution in [3.8, 4) is 0 Å². The van der Waals surface area contributed by atoms with Crippen molar-refractivity contribution in [3.63, 3.8) is 0 Å². The van der Waals surface area contributed by atoms with Crippen molar-refractivity contribution in [2.45, 2.75) is 39.3 Å². The molecule has 1 heterocycles. The molecule has 1 atom stereocenters. The number of ether oxygens (including phenoxy) is 1. The van der Waals surface area contributed by atoms with Crippen LogP contribution in [0.2, 0.25) is 5.15 Å². The third kappa shape index (κ3) is 5.66. The number of hydrogen-bond acceptors (Lipinski definition) is 4. The second-order valence-electron chi connectivity index (χ2n) is 6.17. The van der Waals surface area contributed by atoms with E-state index in [0.717, 1.165) is 4.68 Å². The van der Waals surface area contributed by atoms with E-state index in [1.807, 2.05) is 0 Å². The first-order chi connectivity index (χ1) is 13.6. The van der Waals surface area contributed by atoms with Gasteiger partial charge in [0.1, 0.15) is 22.6 Å². The average molecular weight is 440 g/mol. The maximum atomic E-state index is 13.9. The largest absolute Gasteiger partial charge is 0.461 e. The lowest BCUT2D eigenvalue weighted by molar-refractivity contribution is 0.0517. The van der Waals surface area contributed by atoms with Gasteiger partial charge in [-0.15, -0.1) is 0 Å². The van der Waals surface area contributed by atoms with E-state index in [1.165, 1.54) is 6.92 Å². The molecule has 1 aromatic heterocycles. The highest BCUT2D eigenvalue weighted by Crippen LogP contribution is 2.24.